The summed E-state index contributed by atoms with van der Waals surface area (Å²) in [6, 6.07) is 12.6. The number of benzene rings is 1. The highest BCUT2D eigenvalue weighted by Crippen LogP contribution is 2.25. The Morgan fingerprint density at radius 1 is 1.08 bits per heavy atom. The summed E-state index contributed by atoms with van der Waals surface area (Å²) < 4.78 is 25.0. The van der Waals surface area contributed by atoms with Crippen molar-refractivity contribution in [1.82, 2.24) is 19.7 Å². The lowest BCUT2D eigenvalue weighted by Gasteiger charge is -2.07. The number of hydrogen-bond acceptors (Lipinski definition) is 6. The molecule has 0 aliphatic carbocycles. The second kappa shape index (κ2) is 7.37. The number of pyridine rings is 1. The average Bonchev–Trinajstić information content (AvgIpc) is 3.03. The molecule has 0 fully saturated rings. The van der Waals surface area contributed by atoms with Crippen molar-refractivity contribution in [2.75, 3.05) is 6.26 Å². The number of sulfone groups is 1. The summed E-state index contributed by atoms with van der Waals surface area (Å²) in [6.45, 7) is 2.79. The summed E-state index contributed by atoms with van der Waals surface area (Å²) in [6.07, 6.45) is 2.94. The zero-order valence-electron chi connectivity index (χ0n) is 14.0. The minimum absolute atomic E-state index is 0.329. The van der Waals surface area contributed by atoms with Crippen LogP contribution in [0.2, 0.25) is 0 Å². The Kier molecular flexibility index (Phi) is 5.19. The van der Waals surface area contributed by atoms with E-state index in [1.54, 1.807) is 30.1 Å². The molecule has 25 heavy (non-hydrogen) atoms. The molecule has 0 unspecified atom stereocenters. The molecule has 0 radical (unpaired) electrons. The molecule has 6 nitrogen and oxygen atoms in total. The van der Waals surface area contributed by atoms with Gasteiger partial charge >= 0.3 is 0 Å². The second-order valence-electron chi connectivity index (χ2n) is 5.47. The molecule has 0 atom stereocenters. The molecule has 0 aliphatic rings. The molecule has 0 N–H and O–H groups in total. The van der Waals surface area contributed by atoms with Crippen molar-refractivity contribution in [1.29, 1.82) is 0 Å². The monoisotopic (exact) mass is 374 g/mol. The van der Waals surface area contributed by atoms with Gasteiger partial charge in [-0.2, -0.15) is 0 Å². The van der Waals surface area contributed by atoms with Crippen molar-refractivity contribution in [3.8, 4) is 11.5 Å². The third-order valence-electron chi connectivity index (χ3n) is 3.65. The Hall–Kier alpha value is -2.19. The summed E-state index contributed by atoms with van der Waals surface area (Å²) >= 11 is 1.57. The Balaban J connectivity index is 1.77. The quantitative estimate of drug-likeness (QED) is 0.617. The van der Waals surface area contributed by atoms with Crippen molar-refractivity contribution in [2.45, 2.75) is 29.3 Å². The second-order valence-corrected chi connectivity index (χ2v) is 8.43. The zero-order chi connectivity index (χ0) is 17.9. The van der Waals surface area contributed by atoms with Gasteiger partial charge in [0, 0.05) is 24.8 Å². The maximum Gasteiger partial charge on any atom is 0.191 e. The van der Waals surface area contributed by atoms with Crippen LogP contribution in [0.1, 0.15) is 12.5 Å². The lowest BCUT2D eigenvalue weighted by molar-refractivity contribution is 0.602. The largest absolute Gasteiger partial charge is 0.301 e. The van der Waals surface area contributed by atoms with Crippen LogP contribution in [0.15, 0.2) is 58.7 Å². The van der Waals surface area contributed by atoms with Gasteiger partial charge in [0.25, 0.3) is 0 Å². The van der Waals surface area contributed by atoms with Crippen LogP contribution in [0.5, 0.6) is 0 Å². The fraction of sp³-hybridized carbons (Fsp3) is 0.235. The topological polar surface area (TPSA) is 77.7 Å². The zero-order valence-corrected chi connectivity index (χ0v) is 15.6. The average molecular weight is 374 g/mol. The minimum atomic E-state index is -3.16. The van der Waals surface area contributed by atoms with E-state index in [9.17, 15) is 8.42 Å². The molecule has 2 aromatic heterocycles. The maximum absolute atomic E-state index is 11.5. The molecular formula is C17H18N4O2S2. The molecule has 8 heteroatoms. The number of nitrogens with zero attached hydrogens (tertiary/aromatic N) is 4. The Bertz CT molecular complexity index is 952. The lowest BCUT2D eigenvalue weighted by atomic mass is 10.2. The highest BCUT2D eigenvalue weighted by atomic mass is 32.2. The number of rotatable bonds is 6. The predicted molar refractivity (Wildman–Crippen MR) is 98.0 cm³/mol. The van der Waals surface area contributed by atoms with E-state index in [0.717, 1.165) is 28.8 Å². The van der Waals surface area contributed by atoms with Crippen LogP contribution < -0.4 is 0 Å². The van der Waals surface area contributed by atoms with Gasteiger partial charge in [-0.15, -0.1) is 10.2 Å². The third-order valence-corrected chi connectivity index (χ3v) is 5.81. The smallest absolute Gasteiger partial charge is 0.191 e. The van der Waals surface area contributed by atoms with Crippen molar-refractivity contribution < 1.29 is 8.42 Å². The summed E-state index contributed by atoms with van der Waals surface area (Å²) in [5.74, 6) is 1.43. The van der Waals surface area contributed by atoms with E-state index < -0.39 is 9.84 Å². The lowest BCUT2D eigenvalue weighted by Crippen LogP contribution is -2.01. The Morgan fingerprint density at radius 3 is 2.44 bits per heavy atom. The van der Waals surface area contributed by atoms with Gasteiger partial charge in [-0.1, -0.05) is 30.0 Å². The highest BCUT2D eigenvalue weighted by Gasteiger charge is 2.14. The molecule has 0 aliphatic heterocycles. The third kappa shape index (κ3) is 4.08. The van der Waals surface area contributed by atoms with Gasteiger partial charge in [0.05, 0.1) is 4.90 Å². The van der Waals surface area contributed by atoms with Crippen LogP contribution >= 0.6 is 11.8 Å². The van der Waals surface area contributed by atoms with E-state index in [1.165, 1.54) is 6.26 Å². The summed E-state index contributed by atoms with van der Waals surface area (Å²) in [5.41, 5.74) is 1.82. The first-order chi connectivity index (χ1) is 12.0. The molecule has 0 spiro atoms. The molecular weight excluding hydrogens is 356 g/mol. The van der Waals surface area contributed by atoms with Crippen LogP contribution in [0.4, 0.5) is 0 Å². The predicted octanol–water partition coefficient (Wildman–Crippen LogP) is 3.06. The number of hydrogen-bond donors (Lipinski definition) is 0. The molecule has 1 aromatic carbocycles. The molecule has 0 saturated heterocycles. The van der Waals surface area contributed by atoms with Gasteiger partial charge in [0.15, 0.2) is 20.8 Å². The van der Waals surface area contributed by atoms with Gasteiger partial charge in [0.1, 0.15) is 5.69 Å². The Morgan fingerprint density at radius 2 is 1.84 bits per heavy atom. The van der Waals surface area contributed by atoms with Crippen molar-refractivity contribution in [2.24, 2.45) is 0 Å². The SMILES string of the molecule is CCn1c(SCc2ccc(S(C)(=O)=O)cc2)nnc1-c1ccccn1. The van der Waals surface area contributed by atoms with E-state index in [0.29, 0.717) is 10.6 Å². The van der Waals surface area contributed by atoms with E-state index in [1.807, 2.05) is 41.8 Å². The van der Waals surface area contributed by atoms with Crippen LogP contribution in [-0.4, -0.2) is 34.4 Å². The molecule has 0 bridgehead atoms. The van der Waals surface area contributed by atoms with Gasteiger partial charge in [-0.3, -0.25) is 4.98 Å². The molecule has 3 rings (SSSR count). The molecule has 2 heterocycles. The van der Waals surface area contributed by atoms with Crippen LogP contribution in [0.25, 0.3) is 11.5 Å². The number of thioether (sulfide) groups is 1. The standard InChI is InChI=1S/C17H18N4O2S2/c1-3-21-16(15-6-4-5-11-18-15)19-20-17(21)24-12-13-7-9-14(10-8-13)25(2,22)23/h4-11H,3,12H2,1-2H3. The minimum Gasteiger partial charge on any atom is -0.301 e. The van der Waals surface area contributed by atoms with Gasteiger partial charge in [-0.05, 0) is 36.8 Å². The van der Waals surface area contributed by atoms with Crippen LogP contribution in [0.3, 0.4) is 0 Å². The summed E-state index contributed by atoms with van der Waals surface area (Å²) in [7, 11) is -3.16. The first-order valence-corrected chi connectivity index (χ1v) is 10.6. The van der Waals surface area contributed by atoms with Gasteiger partial charge < -0.3 is 4.57 Å². The fourth-order valence-corrected chi connectivity index (χ4v) is 3.93. The highest BCUT2D eigenvalue weighted by molar-refractivity contribution is 7.98. The maximum atomic E-state index is 11.5. The molecule has 0 amide bonds. The first-order valence-electron chi connectivity index (χ1n) is 7.75. The summed E-state index contributed by atoms with van der Waals surface area (Å²) in [4.78, 5) is 4.66. The van der Waals surface area contributed by atoms with E-state index in [-0.39, 0.29) is 0 Å². The van der Waals surface area contributed by atoms with Crippen molar-refractivity contribution in [3.05, 3.63) is 54.2 Å². The Labute approximate surface area is 151 Å². The number of aromatic nitrogens is 4. The van der Waals surface area contributed by atoms with Gasteiger partial charge in [0.2, 0.25) is 0 Å². The van der Waals surface area contributed by atoms with Crippen molar-refractivity contribution in [3.63, 3.8) is 0 Å². The molecule has 0 saturated carbocycles. The van der Waals surface area contributed by atoms with Crippen LogP contribution in [-0.2, 0) is 22.1 Å². The van der Waals surface area contributed by atoms with E-state index in [2.05, 4.69) is 15.2 Å². The van der Waals surface area contributed by atoms with E-state index >= 15 is 0 Å². The fourth-order valence-electron chi connectivity index (χ4n) is 2.35. The normalized spacial score (nSPS) is 11.6. The van der Waals surface area contributed by atoms with Crippen LogP contribution in [0, 0.1) is 0 Å². The molecule has 130 valence electrons. The summed E-state index contributed by atoms with van der Waals surface area (Å²) in [5, 5.41) is 9.36. The van der Waals surface area contributed by atoms with E-state index in [4.69, 9.17) is 0 Å². The van der Waals surface area contributed by atoms with Gasteiger partial charge in [-0.25, -0.2) is 8.42 Å². The molecule has 3 aromatic rings. The first kappa shape index (κ1) is 17.6. The van der Waals surface area contributed by atoms with Crippen molar-refractivity contribution >= 4 is 21.6 Å².